The maximum absolute atomic E-state index is 13.5. The summed E-state index contributed by atoms with van der Waals surface area (Å²) in [4.78, 5) is 4.13. The Morgan fingerprint density at radius 1 is 1.40 bits per heavy atom. The zero-order chi connectivity index (χ0) is 10.8. The van der Waals surface area contributed by atoms with E-state index in [-0.39, 0.29) is 5.82 Å². The Bertz CT molecular complexity index is 496. The molecule has 2 nitrogen and oxygen atoms in total. The van der Waals surface area contributed by atoms with Crippen molar-refractivity contribution >= 4 is 10.9 Å². The van der Waals surface area contributed by atoms with E-state index in [2.05, 4.69) is 4.98 Å². The van der Waals surface area contributed by atoms with Gasteiger partial charge in [0.1, 0.15) is 11.3 Å². The predicted octanol–water partition coefficient (Wildman–Crippen LogP) is 3.08. The number of aromatic nitrogens is 1. The second-order valence-corrected chi connectivity index (χ2v) is 3.35. The van der Waals surface area contributed by atoms with Crippen molar-refractivity contribution in [2.24, 2.45) is 0 Å². The molecule has 2 rings (SSSR count). The van der Waals surface area contributed by atoms with Gasteiger partial charge in [0.15, 0.2) is 0 Å². The van der Waals surface area contributed by atoms with Crippen LogP contribution in [-0.2, 0) is 0 Å². The Kier molecular flexibility index (Phi) is 2.54. The Hall–Kier alpha value is -1.64. The van der Waals surface area contributed by atoms with Crippen molar-refractivity contribution in [3.05, 3.63) is 35.6 Å². The van der Waals surface area contributed by atoms with Crippen LogP contribution in [0.15, 0.2) is 24.3 Å². The Balaban J connectivity index is 2.68. The van der Waals surface area contributed by atoms with Crippen LogP contribution in [0.3, 0.4) is 0 Å². The summed E-state index contributed by atoms with van der Waals surface area (Å²) in [5, 5.41) is 0.832. The first kappa shape index (κ1) is 9.90. The number of nitrogens with zero attached hydrogens (tertiary/aromatic N) is 1. The number of fused-ring (bicyclic) bond motifs is 1. The molecule has 0 aliphatic rings. The topological polar surface area (TPSA) is 22.1 Å². The normalized spacial score (nSPS) is 10.6. The van der Waals surface area contributed by atoms with Crippen molar-refractivity contribution in [2.45, 2.75) is 13.8 Å². The molecule has 0 aliphatic carbocycles. The molecular weight excluding hydrogens is 193 g/mol. The molecule has 0 saturated carbocycles. The molecule has 0 saturated heterocycles. The summed E-state index contributed by atoms with van der Waals surface area (Å²) in [7, 11) is 0. The fraction of sp³-hybridized carbons (Fsp3) is 0.250. The van der Waals surface area contributed by atoms with Gasteiger partial charge in [-0.05, 0) is 25.5 Å². The van der Waals surface area contributed by atoms with Crippen molar-refractivity contribution in [3.63, 3.8) is 0 Å². The molecule has 0 unspecified atom stereocenters. The summed E-state index contributed by atoms with van der Waals surface area (Å²) in [5.74, 6) is 0.171. The van der Waals surface area contributed by atoms with Crippen LogP contribution in [0.1, 0.15) is 12.5 Å². The molecule has 0 bridgehead atoms. The minimum atomic E-state index is -0.308. The van der Waals surface area contributed by atoms with Gasteiger partial charge in [0.25, 0.3) is 0 Å². The van der Waals surface area contributed by atoms with Gasteiger partial charge in [-0.1, -0.05) is 12.1 Å². The van der Waals surface area contributed by atoms with Crippen LogP contribution in [0.4, 0.5) is 4.39 Å². The van der Waals surface area contributed by atoms with Gasteiger partial charge in [-0.3, -0.25) is 0 Å². The van der Waals surface area contributed by atoms with Gasteiger partial charge in [0.05, 0.1) is 6.61 Å². The standard InChI is InChI=1S/C12H12FNO/c1-3-15-11-7-8(2)9-5-4-6-10(13)12(9)14-11/h4-7H,3H2,1-2H3. The molecule has 0 atom stereocenters. The molecule has 3 heteroatoms. The SMILES string of the molecule is CCOc1cc(C)c2cccc(F)c2n1. The van der Waals surface area contributed by atoms with Crippen molar-refractivity contribution in [3.8, 4) is 5.88 Å². The highest BCUT2D eigenvalue weighted by Crippen LogP contribution is 2.23. The molecular formula is C12H12FNO. The van der Waals surface area contributed by atoms with E-state index in [1.54, 1.807) is 6.07 Å². The van der Waals surface area contributed by atoms with Crippen molar-refractivity contribution in [2.75, 3.05) is 6.61 Å². The molecule has 0 fully saturated rings. The molecule has 1 heterocycles. The zero-order valence-electron chi connectivity index (χ0n) is 8.75. The van der Waals surface area contributed by atoms with Gasteiger partial charge in [-0.25, -0.2) is 9.37 Å². The van der Waals surface area contributed by atoms with Gasteiger partial charge in [0, 0.05) is 11.5 Å². The fourth-order valence-electron chi connectivity index (χ4n) is 1.57. The van der Waals surface area contributed by atoms with E-state index in [1.807, 2.05) is 26.0 Å². The zero-order valence-corrected chi connectivity index (χ0v) is 8.75. The van der Waals surface area contributed by atoms with Crippen LogP contribution in [0.5, 0.6) is 5.88 Å². The van der Waals surface area contributed by atoms with Crippen LogP contribution < -0.4 is 4.74 Å². The molecule has 0 radical (unpaired) electrons. The highest BCUT2D eigenvalue weighted by atomic mass is 19.1. The lowest BCUT2D eigenvalue weighted by atomic mass is 10.1. The van der Waals surface area contributed by atoms with Gasteiger partial charge in [-0.2, -0.15) is 0 Å². The lowest BCUT2D eigenvalue weighted by molar-refractivity contribution is 0.327. The van der Waals surface area contributed by atoms with E-state index in [0.29, 0.717) is 18.0 Å². The maximum Gasteiger partial charge on any atom is 0.214 e. The quantitative estimate of drug-likeness (QED) is 0.751. The highest BCUT2D eigenvalue weighted by molar-refractivity contribution is 5.83. The number of hydrogen-bond donors (Lipinski definition) is 0. The number of hydrogen-bond acceptors (Lipinski definition) is 2. The number of benzene rings is 1. The molecule has 2 aromatic rings. The number of halogens is 1. The van der Waals surface area contributed by atoms with E-state index >= 15 is 0 Å². The van der Waals surface area contributed by atoms with Crippen LogP contribution in [-0.4, -0.2) is 11.6 Å². The molecule has 0 spiro atoms. The van der Waals surface area contributed by atoms with Crippen LogP contribution >= 0.6 is 0 Å². The van der Waals surface area contributed by atoms with Crippen LogP contribution in [0, 0.1) is 12.7 Å². The Morgan fingerprint density at radius 2 is 2.20 bits per heavy atom. The fourth-order valence-corrected chi connectivity index (χ4v) is 1.57. The third-order valence-electron chi connectivity index (χ3n) is 2.27. The summed E-state index contributed by atoms with van der Waals surface area (Å²) in [6, 6.07) is 6.78. The van der Waals surface area contributed by atoms with Crippen molar-refractivity contribution < 1.29 is 9.13 Å². The van der Waals surface area contributed by atoms with Gasteiger partial charge < -0.3 is 4.74 Å². The summed E-state index contributed by atoms with van der Waals surface area (Å²) in [6.45, 7) is 4.33. The van der Waals surface area contributed by atoms with Gasteiger partial charge >= 0.3 is 0 Å². The largest absolute Gasteiger partial charge is 0.478 e. The molecule has 0 N–H and O–H groups in total. The molecule has 0 aliphatic heterocycles. The van der Waals surface area contributed by atoms with Crippen molar-refractivity contribution in [1.29, 1.82) is 0 Å². The first-order chi connectivity index (χ1) is 7.22. The van der Waals surface area contributed by atoms with E-state index in [4.69, 9.17) is 4.74 Å². The number of pyridine rings is 1. The number of aryl methyl sites for hydroxylation is 1. The summed E-state index contributed by atoms with van der Waals surface area (Å²) in [5.41, 5.74) is 1.35. The third kappa shape index (κ3) is 1.77. The van der Waals surface area contributed by atoms with E-state index in [1.165, 1.54) is 6.07 Å². The van der Waals surface area contributed by atoms with Gasteiger partial charge in [-0.15, -0.1) is 0 Å². The molecule has 78 valence electrons. The lowest BCUT2D eigenvalue weighted by Gasteiger charge is -2.06. The minimum Gasteiger partial charge on any atom is -0.478 e. The third-order valence-corrected chi connectivity index (χ3v) is 2.27. The number of para-hydroxylation sites is 1. The average molecular weight is 205 g/mol. The van der Waals surface area contributed by atoms with Crippen LogP contribution in [0.2, 0.25) is 0 Å². The second-order valence-electron chi connectivity index (χ2n) is 3.35. The predicted molar refractivity (Wildman–Crippen MR) is 57.6 cm³/mol. The number of ether oxygens (including phenoxy) is 1. The first-order valence-electron chi connectivity index (χ1n) is 4.91. The highest BCUT2D eigenvalue weighted by Gasteiger charge is 2.06. The average Bonchev–Trinajstić information content (AvgIpc) is 2.20. The molecule has 15 heavy (non-hydrogen) atoms. The molecule has 0 amide bonds. The minimum absolute atomic E-state index is 0.308. The molecule has 1 aromatic heterocycles. The summed E-state index contributed by atoms with van der Waals surface area (Å²) in [6.07, 6.45) is 0. The first-order valence-corrected chi connectivity index (χ1v) is 4.91. The van der Waals surface area contributed by atoms with E-state index < -0.39 is 0 Å². The second kappa shape index (κ2) is 3.85. The Morgan fingerprint density at radius 3 is 2.93 bits per heavy atom. The smallest absolute Gasteiger partial charge is 0.214 e. The van der Waals surface area contributed by atoms with E-state index in [9.17, 15) is 4.39 Å². The monoisotopic (exact) mass is 205 g/mol. The summed E-state index contributed by atoms with van der Waals surface area (Å²) >= 11 is 0. The van der Waals surface area contributed by atoms with Gasteiger partial charge in [0.2, 0.25) is 5.88 Å². The molecule has 1 aromatic carbocycles. The Labute approximate surface area is 87.7 Å². The lowest BCUT2D eigenvalue weighted by Crippen LogP contribution is -1.96. The van der Waals surface area contributed by atoms with Crippen LogP contribution in [0.25, 0.3) is 10.9 Å². The van der Waals surface area contributed by atoms with E-state index in [0.717, 1.165) is 10.9 Å². The summed E-state index contributed by atoms with van der Waals surface area (Å²) < 4.78 is 18.7. The van der Waals surface area contributed by atoms with Crippen molar-refractivity contribution in [1.82, 2.24) is 4.98 Å². The maximum atomic E-state index is 13.5. The number of rotatable bonds is 2.